The van der Waals surface area contributed by atoms with Gasteiger partial charge in [0.05, 0.1) is 30.5 Å². The van der Waals surface area contributed by atoms with Gasteiger partial charge in [-0.25, -0.2) is 4.98 Å². The molecule has 1 fully saturated rings. The average Bonchev–Trinajstić information content (AvgIpc) is 2.82. The Morgan fingerprint density at radius 1 is 1.50 bits per heavy atom. The van der Waals surface area contributed by atoms with E-state index in [1.54, 1.807) is 4.90 Å². The number of likely N-dealkylation sites (tertiary alicyclic amines) is 1. The number of carbonyl (C=O) groups excluding carboxylic acids is 2. The zero-order chi connectivity index (χ0) is 14.9. The number of nitrogens with zero attached hydrogens (tertiary/aromatic N) is 2. The van der Waals surface area contributed by atoms with Crippen molar-refractivity contribution in [1.82, 2.24) is 9.88 Å². The molecule has 2 atom stereocenters. The van der Waals surface area contributed by atoms with Crippen LogP contribution in [0.1, 0.15) is 17.3 Å². The number of rotatable bonds is 2. The molecule has 2 N–H and O–H groups in total. The number of hydrogen-bond acceptors (Lipinski definition) is 5. The third-order valence-electron chi connectivity index (χ3n) is 3.49. The van der Waals surface area contributed by atoms with E-state index in [0.29, 0.717) is 18.8 Å². The van der Waals surface area contributed by atoms with Gasteiger partial charge in [-0.1, -0.05) is 18.5 Å². The van der Waals surface area contributed by atoms with E-state index in [2.05, 4.69) is 4.98 Å². The fourth-order valence-corrected chi connectivity index (χ4v) is 2.56. The first-order valence-electron chi connectivity index (χ1n) is 6.22. The van der Waals surface area contributed by atoms with Crippen molar-refractivity contribution < 1.29 is 14.3 Å². The Balaban J connectivity index is 2.19. The van der Waals surface area contributed by atoms with E-state index in [-0.39, 0.29) is 34.4 Å². The molecule has 0 saturated carbocycles. The van der Waals surface area contributed by atoms with E-state index >= 15 is 0 Å². The van der Waals surface area contributed by atoms with Gasteiger partial charge in [0.1, 0.15) is 5.15 Å². The van der Waals surface area contributed by atoms with Crippen LogP contribution in [0.2, 0.25) is 5.15 Å². The lowest BCUT2D eigenvalue weighted by molar-refractivity contribution is -0.146. The summed E-state index contributed by atoms with van der Waals surface area (Å²) in [5.74, 6) is -0.839. The summed E-state index contributed by atoms with van der Waals surface area (Å²) in [6.45, 7) is 2.70. The summed E-state index contributed by atoms with van der Waals surface area (Å²) in [6, 6.07) is 1.49. The van der Waals surface area contributed by atoms with Gasteiger partial charge in [0.15, 0.2) is 0 Å². The molecular weight excluding hydrogens is 282 g/mol. The third-order valence-corrected chi connectivity index (χ3v) is 3.80. The van der Waals surface area contributed by atoms with Gasteiger partial charge in [0, 0.05) is 13.1 Å². The van der Waals surface area contributed by atoms with Gasteiger partial charge < -0.3 is 15.4 Å². The third kappa shape index (κ3) is 2.70. The Hall–Kier alpha value is -1.82. The monoisotopic (exact) mass is 297 g/mol. The smallest absolute Gasteiger partial charge is 0.310 e. The summed E-state index contributed by atoms with van der Waals surface area (Å²) < 4.78 is 4.75. The normalized spacial score (nSPS) is 21.9. The van der Waals surface area contributed by atoms with Gasteiger partial charge in [0.2, 0.25) is 0 Å². The summed E-state index contributed by atoms with van der Waals surface area (Å²) in [5, 5.41) is 0.110. The molecule has 1 aromatic heterocycles. The number of esters is 1. The first kappa shape index (κ1) is 14.6. The number of carbonyl (C=O) groups is 2. The molecule has 1 aromatic rings. The number of hydrogen-bond donors (Lipinski definition) is 1. The number of nitrogens with two attached hydrogens (primary N) is 1. The van der Waals surface area contributed by atoms with Crippen LogP contribution in [0.15, 0.2) is 12.3 Å². The minimum atomic E-state index is -0.309. The van der Waals surface area contributed by atoms with Crippen LogP contribution in [0.5, 0.6) is 0 Å². The molecule has 2 heterocycles. The molecule has 20 heavy (non-hydrogen) atoms. The summed E-state index contributed by atoms with van der Waals surface area (Å²) in [6.07, 6.45) is 1.39. The number of pyridine rings is 1. The van der Waals surface area contributed by atoms with Crippen molar-refractivity contribution in [2.75, 3.05) is 25.9 Å². The predicted molar refractivity (Wildman–Crippen MR) is 74.2 cm³/mol. The lowest BCUT2D eigenvalue weighted by atomic mass is 9.99. The van der Waals surface area contributed by atoms with Crippen LogP contribution in [0.4, 0.5) is 5.69 Å². The maximum absolute atomic E-state index is 12.4. The quantitative estimate of drug-likeness (QED) is 0.655. The zero-order valence-electron chi connectivity index (χ0n) is 11.3. The number of methoxy groups -OCH3 is 1. The summed E-state index contributed by atoms with van der Waals surface area (Å²) in [7, 11) is 1.35. The maximum Gasteiger partial charge on any atom is 0.310 e. The van der Waals surface area contributed by atoms with Crippen LogP contribution < -0.4 is 5.73 Å². The highest BCUT2D eigenvalue weighted by molar-refractivity contribution is 6.32. The molecule has 2 unspecified atom stereocenters. The Kier molecular flexibility index (Phi) is 4.13. The van der Waals surface area contributed by atoms with E-state index in [1.807, 2.05) is 6.92 Å². The molecule has 0 spiro atoms. The standard InChI is InChI=1S/C13H16ClN3O3/c1-7-5-17(6-10(7)13(19)20-2)12(18)9-3-8(15)4-16-11(9)14/h3-4,7,10H,5-6,15H2,1-2H3. The molecule has 108 valence electrons. The number of amides is 1. The molecule has 0 bridgehead atoms. The molecule has 0 aliphatic carbocycles. The number of anilines is 1. The van der Waals surface area contributed by atoms with Crippen molar-refractivity contribution in [2.45, 2.75) is 6.92 Å². The number of ether oxygens (including phenoxy) is 1. The number of aromatic nitrogens is 1. The molecule has 1 aliphatic rings. The lowest BCUT2D eigenvalue weighted by Gasteiger charge is -2.16. The van der Waals surface area contributed by atoms with Crippen LogP contribution >= 0.6 is 11.6 Å². The molecule has 7 heteroatoms. The molecule has 1 saturated heterocycles. The van der Waals surface area contributed by atoms with Crippen LogP contribution in [-0.4, -0.2) is 42.0 Å². The molecule has 2 rings (SSSR count). The van der Waals surface area contributed by atoms with Crippen LogP contribution in [0.3, 0.4) is 0 Å². The maximum atomic E-state index is 12.4. The van der Waals surface area contributed by atoms with Gasteiger partial charge in [-0.3, -0.25) is 9.59 Å². The largest absolute Gasteiger partial charge is 0.469 e. The van der Waals surface area contributed by atoms with Gasteiger partial charge in [0.25, 0.3) is 5.91 Å². The van der Waals surface area contributed by atoms with Gasteiger partial charge >= 0.3 is 5.97 Å². The minimum absolute atomic E-state index is 0.0409. The number of halogens is 1. The Labute approximate surface area is 121 Å². The highest BCUT2D eigenvalue weighted by atomic mass is 35.5. The molecule has 1 aliphatic heterocycles. The average molecular weight is 298 g/mol. The topological polar surface area (TPSA) is 85.5 Å². The summed E-state index contributed by atoms with van der Waals surface area (Å²) in [4.78, 5) is 29.5. The second-order valence-electron chi connectivity index (χ2n) is 4.92. The Morgan fingerprint density at radius 3 is 2.85 bits per heavy atom. The first-order chi connectivity index (χ1) is 9.43. The fraction of sp³-hybridized carbons (Fsp3) is 0.462. The molecule has 1 amide bonds. The van der Waals surface area contributed by atoms with E-state index in [4.69, 9.17) is 22.1 Å². The summed E-state index contributed by atoms with van der Waals surface area (Å²) >= 11 is 5.93. The van der Waals surface area contributed by atoms with Gasteiger partial charge in [-0.2, -0.15) is 0 Å². The van der Waals surface area contributed by atoms with Crippen molar-refractivity contribution in [2.24, 2.45) is 11.8 Å². The first-order valence-corrected chi connectivity index (χ1v) is 6.60. The highest BCUT2D eigenvalue weighted by Gasteiger charge is 2.38. The number of nitrogen functional groups attached to an aromatic ring is 1. The van der Waals surface area contributed by atoms with Crippen LogP contribution in [0, 0.1) is 11.8 Å². The van der Waals surface area contributed by atoms with E-state index in [9.17, 15) is 9.59 Å². The van der Waals surface area contributed by atoms with Crippen molar-refractivity contribution in [3.63, 3.8) is 0 Å². The van der Waals surface area contributed by atoms with Gasteiger partial charge in [-0.05, 0) is 12.0 Å². The zero-order valence-corrected chi connectivity index (χ0v) is 12.1. The molecular formula is C13H16ClN3O3. The van der Waals surface area contributed by atoms with Crippen LogP contribution in [-0.2, 0) is 9.53 Å². The van der Waals surface area contributed by atoms with E-state index < -0.39 is 0 Å². The van der Waals surface area contributed by atoms with Gasteiger partial charge in [-0.15, -0.1) is 0 Å². The molecule has 6 nitrogen and oxygen atoms in total. The van der Waals surface area contributed by atoms with E-state index in [1.165, 1.54) is 19.4 Å². The van der Waals surface area contributed by atoms with Crippen molar-refractivity contribution in [3.05, 3.63) is 23.0 Å². The van der Waals surface area contributed by atoms with Crippen molar-refractivity contribution in [1.29, 1.82) is 0 Å². The SMILES string of the molecule is COC(=O)C1CN(C(=O)c2cc(N)cnc2Cl)CC1C. The van der Waals surface area contributed by atoms with Crippen LogP contribution in [0.25, 0.3) is 0 Å². The Morgan fingerprint density at radius 2 is 2.20 bits per heavy atom. The molecule has 0 aromatic carbocycles. The lowest BCUT2D eigenvalue weighted by Crippen LogP contribution is -2.30. The second-order valence-corrected chi connectivity index (χ2v) is 5.28. The predicted octanol–water partition coefficient (Wildman–Crippen LogP) is 1.20. The Bertz CT molecular complexity index is 550. The molecule has 0 radical (unpaired) electrons. The second kappa shape index (κ2) is 5.66. The van der Waals surface area contributed by atoms with E-state index in [0.717, 1.165) is 0 Å². The fourth-order valence-electron chi connectivity index (χ4n) is 2.38. The summed E-state index contributed by atoms with van der Waals surface area (Å²) in [5.41, 5.74) is 6.25. The van der Waals surface area contributed by atoms with Crippen molar-refractivity contribution >= 4 is 29.2 Å². The minimum Gasteiger partial charge on any atom is -0.469 e. The van der Waals surface area contributed by atoms with Crippen molar-refractivity contribution in [3.8, 4) is 0 Å². The highest BCUT2D eigenvalue weighted by Crippen LogP contribution is 2.27.